The number of rotatable bonds is 16. The number of benzene rings is 4. The first-order valence-electron chi connectivity index (χ1n) is 15.3. The molecular weight excluding hydrogens is 682 g/mol. The Kier molecular flexibility index (Phi) is 12.8. The number of anilines is 1. The van der Waals surface area contributed by atoms with E-state index in [1.807, 2.05) is 61.5 Å². The van der Waals surface area contributed by atoms with Crippen molar-refractivity contribution in [2.45, 2.75) is 43.7 Å². The number of unbranched alkanes of at least 4 members (excludes halogenated alkanes) is 1. The highest BCUT2D eigenvalue weighted by Crippen LogP contribution is 2.32. The Morgan fingerprint density at radius 2 is 1.49 bits per heavy atom. The highest BCUT2D eigenvalue weighted by atomic mass is 79.9. The Morgan fingerprint density at radius 1 is 0.830 bits per heavy atom. The van der Waals surface area contributed by atoms with Gasteiger partial charge in [0.15, 0.2) is 11.5 Å². The lowest BCUT2D eigenvalue weighted by Crippen LogP contribution is -2.53. The zero-order chi connectivity index (χ0) is 33.8. The fourth-order valence-corrected chi connectivity index (χ4v) is 7.00. The number of nitrogens with one attached hydrogen (secondary N) is 1. The summed E-state index contributed by atoms with van der Waals surface area (Å²) in [6, 6.07) is 28.8. The van der Waals surface area contributed by atoms with Crippen molar-refractivity contribution in [2.75, 3.05) is 31.6 Å². The van der Waals surface area contributed by atoms with Gasteiger partial charge in [0.05, 0.1) is 24.8 Å². The first kappa shape index (κ1) is 35.5. The maximum Gasteiger partial charge on any atom is 0.264 e. The molecular formula is C36H40BrN3O6S. The summed E-state index contributed by atoms with van der Waals surface area (Å²) in [5.41, 5.74) is 1.94. The molecule has 0 unspecified atom stereocenters. The summed E-state index contributed by atoms with van der Waals surface area (Å²) in [5.74, 6) is -0.244. The van der Waals surface area contributed by atoms with Crippen LogP contribution in [0.4, 0.5) is 5.69 Å². The van der Waals surface area contributed by atoms with Gasteiger partial charge in [0.2, 0.25) is 11.8 Å². The van der Waals surface area contributed by atoms with Crippen molar-refractivity contribution < 1.29 is 27.5 Å². The summed E-state index contributed by atoms with van der Waals surface area (Å²) in [5, 5.41) is 3.00. The third-order valence-electron chi connectivity index (χ3n) is 7.61. The van der Waals surface area contributed by atoms with E-state index in [-0.39, 0.29) is 29.5 Å². The Balaban J connectivity index is 1.79. The average Bonchev–Trinajstić information content (AvgIpc) is 3.09. The van der Waals surface area contributed by atoms with Crippen molar-refractivity contribution in [3.05, 3.63) is 119 Å². The standard InChI is InChI=1S/C36H40BrN3O6S/c1-4-5-21-38-36(42)32(23-27-13-8-6-9-14-27)39(25-28-15-12-16-29(37)22-28)35(41)26-40(30-17-10-7-11-18-30)47(43,44)31-19-20-33(45-2)34(24-31)46-3/h6-20,22,24,32H,4-5,21,23,25-26H2,1-3H3,(H,38,42)/t32-/m1/s1. The Labute approximate surface area is 285 Å². The van der Waals surface area contributed by atoms with Gasteiger partial charge in [0.1, 0.15) is 12.6 Å². The number of methoxy groups -OCH3 is 2. The monoisotopic (exact) mass is 721 g/mol. The number of halogens is 1. The van der Waals surface area contributed by atoms with Gasteiger partial charge in [-0.1, -0.05) is 89.9 Å². The minimum atomic E-state index is -4.30. The van der Waals surface area contributed by atoms with Gasteiger partial charge in [-0.3, -0.25) is 13.9 Å². The third kappa shape index (κ3) is 9.36. The van der Waals surface area contributed by atoms with Crippen LogP contribution in [-0.4, -0.2) is 58.5 Å². The van der Waals surface area contributed by atoms with Gasteiger partial charge in [0.25, 0.3) is 10.0 Å². The number of para-hydroxylation sites is 1. The fraction of sp³-hybridized carbons (Fsp3) is 0.278. The van der Waals surface area contributed by atoms with Crippen LogP contribution in [-0.2, 0) is 32.6 Å². The number of amides is 2. The van der Waals surface area contributed by atoms with E-state index in [4.69, 9.17) is 9.47 Å². The average molecular weight is 723 g/mol. The molecule has 0 fully saturated rings. The molecule has 4 rings (SSSR count). The summed E-state index contributed by atoms with van der Waals surface area (Å²) >= 11 is 3.51. The summed E-state index contributed by atoms with van der Waals surface area (Å²) in [7, 11) is -1.42. The zero-order valence-corrected chi connectivity index (χ0v) is 29.2. The molecule has 47 heavy (non-hydrogen) atoms. The smallest absolute Gasteiger partial charge is 0.264 e. The topological polar surface area (TPSA) is 105 Å². The first-order valence-corrected chi connectivity index (χ1v) is 17.6. The number of hydrogen-bond donors (Lipinski definition) is 1. The second kappa shape index (κ2) is 17.0. The van der Waals surface area contributed by atoms with E-state index < -0.39 is 28.5 Å². The number of carbonyl (C=O) groups is 2. The Bertz CT molecular complexity index is 1740. The van der Waals surface area contributed by atoms with Crippen molar-refractivity contribution in [1.82, 2.24) is 10.2 Å². The van der Waals surface area contributed by atoms with Crippen LogP contribution < -0.4 is 19.1 Å². The van der Waals surface area contributed by atoms with E-state index in [2.05, 4.69) is 21.2 Å². The van der Waals surface area contributed by atoms with Gasteiger partial charge >= 0.3 is 0 Å². The molecule has 0 saturated heterocycles. The maximum atomic E-state index is 14.6. The molecule has 1 atom stereocenters. The van der Waals surface area contributed by atoms with Crippen LogP contribution in [0.5, 0.6) is 11.5 Å². The molecule has 0 saturated carbocycles. The molecule has 0 radical (unpaired) electrons. The molecule has 11 heteroatoms. The van der Waals surface area contributed by atoms with E-state index in [9.17, 15) is 18.0 Å². The summed E-state index contributed by atoms with van der Waals surface area (Å²) in [4.78, 5) is 29.8. The summed E-state index contributed by atoms with van der Waals surface area (Å²) < 4.78 is 41.2. The van der Waals surface area contributed by atoms with Crippen molar-refractivity contribution in [3.8, 4) is 11.5 Å². The molecule has 1 N–H and O–H groups in total. The van der Waals surface area contributed by atoms with Crippen LogP contribution in [0.1, 0.15) is 30.9 Å². The van der Waals surface area contributed by atoms with E-state index in [0.717, 1.165) is 32.7 Å². The van der Waals surface area contributed by atoms with E-state index in [0.29, 0.717) is 18.0 Å². The number of hydrogen-bond acceptors (Lipinski definition) is 6. The first-order chi connectivity index (χ1) is 22.7. The minimum absolute atomic E-state index is 0.0794. The predicted molar refractivity (Wildman–Crippen MR) is 187 cm³/mol. The van der Waals surface area contributed by atoms with Crippen LogP contribution in [0.15, 0.2) is 112 Å². The lowest BCUT2D eigenvalue weighted by atomic mass is 10.0. The van der Waals surface area contributed by atoms with Crippen molar-refractivity contribution in [3.63, 3.8) is 0 Å². The summed E-state index contributed by atoms with van der Waals surface area (Å²) in [6.07, 6.45) is 1.92. The number of ether oxygens (including phenoxy) is 2. The van der Waals surface area contributed by atoms with Crippen LogP contribution in [0.25, 0.3) is 0 Å². The van der Waals surface area contributed by atoms with Crippen molar-refractivity contribution in [2.24, 2.45) is 0 Å². The number of sulfonamides is 1. The van der Waals surface area contributed by atoms with E-state index in [1.165, 1.54) is 37.3 Å². The van der Waals surface area contributed by atoms with E-state index >= 15 is 0 Å². The number of carbonyl (C=O) groups excluding carboxylic acids is 2. The molecule has 0 aliphatic heterocycles. The molecule has 248 valence electrons. The predicted octanol–water partition coefficient (Wildman–Crippen LogP) is 6.22. The van der Waals surface area contributed by atoms with Crippen LogP contribution in [0.2, 0.25) is 0 Å². The molecule has 0 aliphatic carbocycles. The van der Waals surface area contributed by atoms with Crippen molar-refractivity contribution in [1.29, 1.82) is 0 Å². The molecule has 0 aliphatic rings. The molecule has 4 aromatic carbocycles. The van der Waals surface area contributed by atoms with Gasteiger partial charge in [0, 0.05) is 30.0 Å². The molecule has 9 nitrogen and oxygen atoms in total. The minimum Gasteiger partial charge on any atom is -0.493 e. The van der Waals surface area contributed by atoms with Crippen LogP contribution in [0, 0.1) is 0 Å². The summed E-state index contributed by atoms with van der Waals surface area (Å²) in [6.45, 7) is 2.02. The largest absolute Gasteiger partial charge is 0.493 e. The molecule has 0 aromatic heterocycles. The third-order valence-corrected chi connectivity index (χ3v) is 9.87. The van der Waals surface area contributed by atoms with Gasteiger partial charge in [-0.15, -0.1) is 0 Å². The number of nitrogens with zero attached hydrogens (tertiary/aromatic N) is 2. The molecule has 0 spiro atoms. The highest BCUT2D eigenvalue weighted by Gasteiger charge is 2.35. The lowest BCUT2D eigenvalue weighted by molar-refractivity contribution is -0.140. The van der Waals surface area contributed by atoms with Gasteiger partial charge in [-0.25, -0.2) is 8.42 Å². The lowest BCUT2D eigenvalue weighted by Gasteiger charge is -2.34. The van der Waals surface area contributed by atoms with Gasteiger partial charge < -0.3 is 19.7 Å². The molecule has 0 bridgehead atoms. The van der Waals surface area contributed by atoms with Gasteiger partial charge in [-0.05, 0) is 53.9 Å². The SMILES string of the molecule is CCCCNC(=O)[C@@H](Cc1ccccc1)N(Cc1cccc(Br)c1)C(=O)CN(c1ccccc1)S(=O)(=O)c1ccc(OC)c(OC)c1. The second-order valence-electron chi connectivity index (χ2n) is 10.9. The molecule has 0 heterocycles. The van der Waals surface area contributed by atoms with Crippen molar-refractivity contribution >= 4 is 43.5 Å². The fourth-order valence-electron chi connectivity index (χ4n) is 5.12. The van der Waals surface area contributed by atoms with E-state index in [1.54, 1.807) is 30.3 Å². The highest BCUT2D eigenvalue weighted by molar-refractivity contribution is 9.10. The second-order valence-corrected chi connectivity index (χ2v) is 13.6. The zero-order valence-electron chi connectivity index (χ0n) is 26.8. The molecule has 2 amide bonds. The van der Waals surface area contributed by atoms with Crippen LogP contribution >= 0.6 is 15.9 Å². The Hall–Kier alpha value is -4.35. The quantitative estimate of drug-likeness (QED) is 0.138. The Morgan fingerprint density at radius 3 is 2.13 bits per heavy atom. The van der Waals surface area contributed by atoms with Gasteiger partial charge in [-0.2, -0.15) is 0 Å². The molecule has 4 aromatic rings. The maximum absolute atomic E-state index is 14.6. The normalized spacial score (nSPS) is 11.7. The van der Waals surface area contributed by atoms with Crippen LogP contribution in [0.3, 0.4) is 0 Å².